The molecule has 0 spiro atoms. The summed E-state index contributed by atoms with van der Waals surface area (Å²) in [6.07, 6.45) is 0.535. The van der Waals surface area contributed by atoms with Crippen molar-refractivity contribution in [1.29, 1.82) is 0 Å². The van der Waals surface area contributed by atoms with E-state index in [9.17, 15) is 4.39 Å². The Hall–Kier alpha value is -1.58. The maximum absolute atomic E-state index is 13.2. The van der Waals surface area contributed by atoms with Gasteiger partial charge in [0.25, 0.3) is 6.02 Å². The first kappa shape index (κ1) is 8.99. The van der Waals surface area contributed by atoms with Gasteiger partial charge in [-0.05, 0) is 11.6 Å². The second-order valence-corrected chi connectivity index (χ2v) is 3.23. The first-order valence-electron chi connectivity index (χ1n) is 4.45. The minimum Gasteiger partial charge on any atom is -0.463 e. The summed E-state index contributed by atoms with van der Waals surface area (Å²) in [6.45, 7) is 0.445. The van der Waals surface area contributed by atoms with Crippen molar-refractivity contribution in [3.05, 3.63) is 35.6 Å². The molecule has 0 radical (unpaired) electrons. The second kappa shape index (κ2) is 3.65. The van der Waals surface area contributed by atoms with Crippen LogP contribution in [0.1, 0.15) is 5.56 Å². The number of nitrogens with zero attached hydrogens (tertiary/aromatic N) is 1. The first-order chi connectivity index (χ1) is 6.75. The SMILES string of the molecule is NC1=N[C@@H](Cc2ccccc2F)CO1. The summed E-state index contributed by atoms with van der Waals surface area (Å²) in [6, 6.07) is 6.82. The molecular weight excluding hydrogens is 183 g/mol. The number of hydrogen-bond acceptors (Lipinski definition) is 3. The number of benzene rings is 1. The number of amidine groups is 1. The summed E-state index contributed by atoms with van der Waals surface area (Å²) in [5, 5.41) is 0. The van der Waals surface area contributed by atoms with Crippen LogP contribution in [0.15, 0.2) is 29.3 Å². The summed E-state index contributed by atoms with van der Waals surface area (Å²) in [5.74, 6) is -0.201. The standard InChI is InChI=1S/C10H11FN2O/c11-9-4-2-1-3-7(9)5-8-6-14-10(12)13-8/h1-4,8H,5-6H2,(H2,12,13)/t8-/m0/s1. The number of ether oxygens (including phenoxy) is 1. The van der Waals surface area contributed by atoms with Gasteiger partial charge in [0.1, 0.15) is 12.4 Å². The molecule has 0 unspecified atom stereocenters. The number of nitrogens with two attached hydrogens (primary N) is 1. The van der Waals surface area contributed by atoms with Crippen LogP contribution in [-0.2, 0) is 11.2 Å². The summed E-state index contributed by atoms with van der Waals surface area (Å²) >= 11 is 0. The van der Waals surface area contributed by atoms with E-state index >= 15 is 0 Å². The van der Waals surface area contributed by atoms with Crippen LogP contribution in [0.3, 0.4) is 0 Å². The van der Waals surface area contributed by atoms with Crippen LogP contribution >= 0.6 is 0 Å². The highest BCUT2D eigenvalue weighted by Gasteiger charge is 2.18. The molecule has 0 saturated heterocycles. The third-order valence-electron chi connectivity index (χ3n) is 2.15. The van der Waals surface area contributed by atoms with E-state index < -0.39 is 0 Å². The van der Waals surface area contributed by atoms with E-state index in [-0.39, 0.29) is 17.9 Å². The Morgan fingerprint density at radius 3 is 2.93 bits per heavy atom. The van der Waals surface area contributed by atoms with Gasteiger partial charge in [-0.15, -0.1) is 0 Å². The quantitative estimate of drug-likeness (QED) is 0.765. The fourth-order valence-corrected chi connectivity index (χ4v) is 1.46. The van der Waals surface area contributed by atoms with Gasteiger partial charge in [0.15, 0.2) is 0 Å². The van der Waals surface area contributed by atoms with Crippen molar-refractivity contribution in [2.75, 3.05) is 6.61 Å². The van der Waals surface area contributed by atoms with Gasteiger partial charge in [0.2, 0.25) is 0 Å². The van der Waals surface area contributed by atoms with Crippen LogP contribution in [0.2, 0.25) is 0 Å². The van der Waals surface area contributed by atoms with Crippen molar-refractivity contribution in [2.24, 2.45) is 10.7 Å². The van der Waals surface area contributed by atoms with Crippen LogP contribution in [-0.4, -0.2) is 18.7 Å². The van der Waals surface area contributed by atoms with Crippen molar-refractivity contribution >= 4 is 6.02 Å². The summed E-state index contributed by atoms with van der Waals surface area (Å²) < 4.78 is 18.2. The molecular formula is C10H11FN2O. The molecule has 1 aliphatic heterocycles. The van der Waals surface area contributed by atoms with E-state index in [0.717, 1.165) is 0 Å². The van der Waals surface area contributed by atoms with Gasteiger partial charge in [-0.1, -0.05) is 18.2 Å². The highest BCUT2D eigenvalue weighted by molar-refractivity contribution is 5.73. The predicted octanol–water partition coefficient (Wildman–Crippen LogP) is 1.08. The number of rotatable bonds is 2. The Bertz CT molecular complexity index is 365. The average molecular weight is 194 g/mol. The second-order valence-electron chi connectivity index (χ2n) is 3.23. The van der Waals surface area contributed by atoms with Gasteiger partial charge in [0, 0.05) is 6.42 Å². The molecule has 4 heteroatoms. The minimum absolute atomic E-state index is 0.0492. The van der Waals surface area contributed by atoms with Gasteiger partial charge in [0.05, 0.1) is 6.04 Å². The van der Waals surface area contributed by atoms with Gasteiger partial charge < -0.3 is 10.5 Å². The Morgan fingerprint density at radius 1 is 1.50 bits per heavy atom. The smallest absolute Gasteiger partial charge is 0.282 e. The lowest BCUT2D eigenvalue weighted by atomic mass is 10.1. The summed E-state index contributed by atoms with van der Waals surface area (Å²) in [4.78, 5) is 4.03. The zero-order valence-corrected chi connectivity index (χ0v) is 7.61. The largest absolute Gasteiger partial charge is 0.463 e. The fourth-order valence-electron chi connectivity index (χ4n) is 1.46. The van der Waals surface area contributed by atoms with Crippen LogP contribution in [0.25, 0.3) is 0 Å². The summed E-state index contributed by atoms with van der Waals surface area (Å²) in [5.41, 5.74) is 6.00. The molecule has 1 aromatic carbocycles. The van der Waals surface area contributed by atoms with E-state index in [0.29, 0.717) is 18.6 Å². The van der Waals surface area contributed by atoms with Crippen molar-refractivity contribution in [3.63, 3.8) is 0 Å². The van der Waals surface area contributed by atoms with Gasteiger partial charge in [-0.2, -0.15) is 0 Å². The Labute approximate surface area is 81.4 Å². The molecule has 0 bridgehead atoms. The van der Waals surface area contributed by atoms with Crippen molar-refractivity contribution in [3.8, 4) is 0 Å². The van der Waals surface area contributed by atoms with Crippen molar-refractivity contribution < 1.29 is 9.13 Å². The lowest BCUT2D eigenvalue weighted by Gasteiger charge is -2.05. The molecule has 1 aromatic rings. The van der Waals surface area contributed by atoms with Gasteiger partial charge >= 0.3 is 0 Å². The average Bonchev–Trinajstić information content (AvgIpc) is 2.56. The first-order valence-corrected chi connectivity index (χ1v) is 4.45. The lowest BCUT2D eigenvalue weighted by Crippen LogP contribution is -2.11. The normalized spacial score (nSPS) is 20.4. The molecule has 1 aliphatic rings. The van der Waals surface area contributed by atoms with Crippen LogP contribution in [0.5, 0.6) is 0 Å². The molecule has 3 nitrogen and oxygen atoms in total. The Morgan fingerprint density at radius 2 is 2.29 bits per heavy atom. The zero-order chi connectivity index (χ0) is 9.97. The van der Waals surface area contributed by atoms with Crippen molar-refractivity contribution in [1.82, 2.24) is 0 Å². The highest BCUT2D eigenvalue weighted by Crippen LogP contribution is 2.13. The highest BCUT2D eigenvalue weighted by atomic mass is 19.1. The third-order valence-corrected chi connectivity index (χ3v) is 2.15. The van der Waals surface area contributed by atoms with E-state index in [2.05, 4.69) is 4.99 Å². The molecule has 0 amide bonds. The monoisotopic (exact) mass is 194 g/mol. The maximum atomic E-state index is 13.2. The molecule has 2 N–H and O–H groups in total. The Kier molecular flexibility index (Phi) is 2.35. The minimum atomic E-state index is -0.201. The lowest BCUT2D eigenvalue weighted by molar-refractivity contribution is 0.311. The topological polar surface area (TPSA) is 47.6 Å². The van der Waals surface area contributed by atoms with E-state index in [1.807, 2.05) is 0 Å². The van der Waals surface area contributed by atoms with E-state index in [1.165, 1.54) is 6.07 Å². The van der Waals surface area contributed by atoms with Crippen LogP contribution < -0.4 is 5.73 Å². The molecule has 0 aliphatic carbocycles. The molecule has 0 aromatic heterocycles. The van der Waals surface area contributed by atoms with Gasteiger partial charge in [-0.25, -0.2) is 9.38 Å². The van der Waals surface area contributed by atoms with Crippen molar-refractivity contribution in [2.45, 2.75) is 12.5 Å². The molecule has 0 saturated carbocycles. The molecule has 1 atom stereocenters. The molecule has 2 rings (SSSR count). The van der Waals surface area contributed by atoms with Crippen LogP contribution in [0.4, 0.5) is 4.39 Å². The van der Waals surface area contributed by atoms with Crippen LogP contribution in [0, 0.1) is 5.82 Å². The van der Waals surface area contributed by atoms with E-state index in [4.69, 9.17) is 10.5 Å². The number of aliphatic imine (C=N–C) groups is 1. The van der Waals surface area contributed by atoms with Gasteiger partial charge in [-0.3, -0.25) is 0 Å². The zero-order valence-electron chi connectivity index (χ0n) is 7.61. The fraction of sp³-hybridized carbons (Fsp3) is 0.300. The molecule has 74 valence electrons. The Balaban J connectivity index is 2.08. The molecule has 1 heterocycles. The predicted molar refractivity (Wildman–Crippen MR) is 51.5 cm³/mol. The number of hydrogen-bond donors (Lipinski definition) is 1. The molecule has 14 heavy (non-hydrogen) atoms. The number of halogens is 1. The maximum Gasteiger partial charge on any atom is 0.282 e. The third kappa shape index (κ3) is 1.84. The van der Waals surface area contributed by atoms with E-state index in [1.54, 1.807) is 18.2 Å². The molecule has 0 fully saturated rings. The summed E-state index contributed by atoms with van der Waals surface area (Å²) in [7, 11) is 0.